The number of aromatic nitrogens is 3. The number of carbonyl (C=O) groups excluding carboxylic acids is 1. The average Bonchev–Trinajstić information content (AvgIpc) is 3.12. The first kappa shape index (κ1) is 19.3. The van der Waals surface area contributed by atoms with Crippen molar-refractivity contribution in [3.05, 3.63) is 28.7 Å². The molecule has 28 heavy (non-hydrogen) atoms. The van der Waals surface area contributed by atoms with Crippen LogP contribution in [0.2, 0.25) is 0 Å². The van der Waals surface area contributed by atoms with Gasteiger partial charge in [-0.1, -0.05) is 6.42 Å². The maximum Gasteiger partial charge on any atom is 0.239 e. The van der Waals surface area contributed by atoms with E-state index in [4.69, 9.17) is 4.98 Å². The van der Waals surface area contributed by atoms with E-state index in [9.17, 15) is 4.79 Å². The monoisotopic (exact) mass is 400 g/mol. The Labute approximate surface area is 170 Å². The van der Waals surface area contributed by atoms with Gasteiger partial charge in [0.2, 0.25) is 5.91 Å². The van der Waals surface area contributed by atoms with Crippen molar-refractivity contribution in [1.29, 1.82) is 0 Å². The SMILES string of the molecule is Cc1cc(Nc2ncc(C)s2)nc(C2CCN(C(=O)C3CCCCN3)CC2)n1. The number of carbonyl (C=O) groups is 1. The Kier molecular flexibility index (Phi) is 5.87. The van der Waals surface area contributed by atoms with Gasteiger partial charge in [0.25, 0.3) is 0 Å². The average molecular weight is 401 g/mol. The second-order valence-corrected chi connectivity index (χ2v) is 8.99. The molecule has 0 bridgehead atoms. The quantitative estimate of drug-likeness (QED) is 0.820. The van der Waals surface area contributed by atoms with E-state index in [0.29, 0.717) is 5.92 Å². The third-order valence-corrected chi connectivity index (χ3v) is 6.34. The first-order valence-electron chi connectivity index (χ1n) is 10.2. The minimum Gasteiger partial charge on any atom is -0.341 e. The lowest BCUT2D eigenvalue weighted by atomic mass is 9.94. The maximum atomic E-state index is 12.7. The van der Waals surface area contributed by atoms with Crippen LogP contribution in [0.15, 0.2) is 12.3 Å². The van der Waals surface area contributed by atoms with Gasteiger partial charge in [-0.15, -0.1) is 11.3 Å². The van der Waals surface area contributed by atoms with Gasteiger partial charge < -0.3 is 15.5 Å². The largest absolute Gasteiger partial charge is 0.341 e. The van der Waals surface area contributed by atoms with Gasteiger partial charge in [-0.3, -0.25) is 4.79 Å². The van der Waals surface area contributed by atoms with E-state index in [1.165, 1.54) is 6.42 Å². The predicted molar refractivity (Wildman–Crippen MR) is 111 cm³/mol. The standard InChI is InChI=1S/C20H28N6OS/c1-13-11-17(25-20-22-12-14(2)28-20)24-18(23-13)15-6-9-26(10-7-15)19(27)16-5-3-4-8-21-16/h11-12,15-16,21H,3-10H2,1-2H3,(H,22,23,24,25). The Balaban J connectivity index is 1.39. The Bertz CT molecular complexity index is 824. The number of nitrogens with one attached hydrogen (secondary N) is 2. The lowest BCUT2D eigenvalue weighted by Gasteiger charge is -2.35. The normalized spacial score (nSPS) is 20.9. The van der Waals surface area contributed by atoms with Crippen molar-refractivity contribution in [2.24, 2.45) is 0 Å². The van der Waals surface area contributed by atoms with Crippen molar-refractivity contribution >= 4 is 28.2 Å². The topological polar surface area (TPSA) is 83.0 Å². The van der Waals surface area contributed by atoms with Gasteiger partial charge in [0.1, 0.15) is 11.6 Å². The summed E-state index contributed by atoms with van der Waals surface area (Å²) in [5.41, 5.74) is 0.950. The minimum atomic E-state index is 0.0121. The molecule has 2 aliphatic heterocycles. The summed E-state index contributed by atoms with van der Waals surface area (Å²) < 4.78 is 0. The van der Waals surface area contributed by atoms with Crippen molar-refractivity contribution in [2.75, 3.05) is 25.0 Å². The highest BCUT2D eigenvalue weighted by atomic mass is 32.1. The Hall–Kier alpha value is -2.06. The molecule has 2 aromatic rings. The van der Waals surface area contributed by atoms with Gasteiger partial charge in [-0.05, 0) is 46.1 Å². The van der Waals surface area contributed by atoms with E-state index >= 15 is 0 Å². The zero-order valence-corrected chi connectivity index (χ0v) is 17.4. The van der Waals surface area contributed by atoms with Crippen LogP contribution < -0.4 is 10.6 Å². The zero-order chi connectivity index (χ0) is 19.5. The molecule has 2 aliphatic rings. The summed E-state index contributed by atoms with van der Waals surface area (Å²) in [6.07, 6.45) is 6.97. The molecule has 1 unspecified atom stereocenters. The summed E-state index contributed by atoms with van der Waals surface area (Å²) in [6.45, 7) is 6.56. The zero-order valence-electron chi connectivity index (χ0n) is 16.6. The van der Waals surface area contributed by atoms with Crippen LogP contribution in [-0.4, -0.2) is 51.4 Å². The highest BCUT2D eigenvalue weighted by Crippen LogP contribution is 2.28. The molecule has 1 amide bonds. The molecule has 4 rings (SSSR count). The molecule has 2 fully saturated rings. The minimum absolute atomic E-state index is 0.0121. The first-order chi connectivity index (χ1) is 13.6. The van der Waals surface area contributed by atoms with E-state index < -0.39 is 0 Å². The number of rotatable bonds is 4. The van der Waals surface area contributed by atoms with Crippen LogP contribution in [0.4, 0.5) is 10.9 Å². The number of piperidine rings is 2. The van der Waals surface area contributed by atoms with Gasteiger partial charge >= 0.3 is 0 Å². The van der Waals surface area contributed by atoms with E-state index in [0.717, 1.165) is 72.7 Å². The molecule has 0 spiro atoms. The lowest BCUT2D eigenvalue weighted by Crippen LogP contribution is -2.50. The molecule has 150 valence electrons. The third-order valence-electron chi connectivity index (χ3n) is 5.51. The van der Waals surface area contributed by atoms with Gasteiger partial charge in [0.05, 0.1) is 6.04 Å². The summed E-state index contributed by atoms with van der Waals surface area (Å²) in [5.74, 6) is 2.23. The molecular weight excluding hydrogens is 372 g/mol. The second kappa shape index (κ2) is 8.53. The summed E-state index contributed by atoms with van der Waals surface area (Å²) >= 11 is 1.61. The molecule has 4 heterocycles. The molecule has 2 N–H and O–H groups in total. The highest BCUT2D eigenvalue weighted by Gasteiger charge is 2.30. The van der Waals surface area contributed by atoms with Crippen LogP contribution in [0.1, 0.15) is 54.4 Å². The van der Waals surface area contributed by atoms with Crippen molar-refractivity contribution in [1.82, 2.24) is 25.2 Å². The molecule has 0 aromatic carbocycles. The summed E-state index contributed by atoms with van der Waals surface area (Å²) in [4.78, 5) is 29.7. The van der Waals surface area contributed by atoms with Gasteiger partial charge in [0.15, 0.2) is 5.13 Å². The third kappa shape index (κ3) is 4.50. The molecule has 2 aromatic heterocycles. The van der Waals surface area contributed by atoms with Gasteiger partial charge in [-0.25, -0.2) is 15.0 Å². The van der Waals surface area contributed by atoms with Crippen LogP contribution >= 0.6 is 11.3 Å². The molecule has 0 radical (unpaired) electrons. The summed E-state index contributed by atoms with van der Waals surface area (Å²) in [6, 6.07) is 1.96. The molecule has 0 aliphatic carbocycles. The number of thiazole rings is 1. The molecule has 2 saturated heterocycles. The summed E-state index contributed by atoms with van der Waals surface area (Å²) in [7, 11) is 0. The van der Waals surface area contributed by atoms with Crippen molar-refractivity contribution in [3.63, 3.8) is 0 Å². The molecule has 7 nitrogen and oxygen atoms in total. The predicted octanol–water partition coefficient (Wildman–Crippen LogP) is 3.14. The number of hydrogen-bond donors (Lipinski definition) is 2. The van der Waals surface area contributed by atoms with Gasteiger partial charge in [0, 0.05) is 41.8 Å². The fraction of sp³-hybridized carbons (Fsp3) is 0.600. The van der Waals surface area contributed by atoms with E-state index in [2.05, 4.69) is 20.6 Å². The second-order valence-electron chi connectivity index (χ2n) is 7.76. The van der Waals surface area contributed by atoms with Crippen LogP contribution in [0.3, 0.4) is 0 Å². The molecule has 0 saturated carbocycles. The fourth-order valence-electron chi connectivity index (χ4n) is 4.00. The van der Waals surface area contributed by atoms with Crippen LogP contribution in [-0.2, 0) is 4.79 Å². The molecule has 8 heteroatoms. The Morgan fingerprint density at radius 2 is 2.04 bits per heavy atom. The Morgan fingerprint density at radius 1 is 1.21 bits per heavy atom. The number of nitrogens with zero attached hydrogens (tertiary/aromatic N) is 4. The number of aryl methyl sites for hydroxylation is 2. The number of hydrogen-bond acceptors (Lipinski definition) is 7. The Morgan fingerprint density at radius 3 is 2.71 bits per heavy atom. The van der Waals surface area contributed by atoms with Crippen LogP contribution in [0.25, 0.3) is 0 Å². The van der Waals surface area contributed by atoms with Crippen LogP contribution in [0, 0.1) is 13.8 Å². The summed E-state index contributed by atoms with van der Waals surface area (Å²) in [5, 5.41) is 7.52. The number of amides is 1. The van der Waals surface area contributed by atoms with Crippen LogP contribution in [0.5, 0.6) is 0 Å². The number of likely N-dealkylation sites (tertiary alicyclic amines) is 1. The highest BCUT2D eigenvalue weighted by molar-refractivity contribution is 7.15. The molecular formula is C20H28N6OS. The van der Waals surface area contributed by atoms with Crippen molar-refractivity contribution < 1.29 is 4.79 Å². The van der Waals surface area contributed by atoms with Gasteiger partial charge in [-0.2, -0.15) is 0 Å². The maximum absolute atomic E-state index is 12.7. The van der Waals surface area contributed by atoms with Crippen molar-refractivity contribution in [2.45, 2.75) is 57.9 Å². The first-order valence-corrected chi connectivity index (χ1v) is 11.0. The lowest BCUT2D eigenvalue weighted by molar-refractivity contribution is -0.135. The molecule has 1 atom stereocenters. The fourth-order valence-corrected chi connectivity index (χ4v) is 4.67. The van der Waals surface area contributed by atoms with E-state index in [1.807, 2.05) is 31.0 Å². The van der Waals surface area contributed by atoms with E-state index in [1.54, 1.807) is 11.3 Å². The van der Waals surface area contributed by atoms with E-state index in [-0.39, 0.29) is 11.9 Å². The smallest absolute Gasteiger partial charge is 0.239 e. The van der Waals surface area contributed by atoms with Crippen molar-refractivity contribution in [3.8, 4) is 0 Å². The number of anilines is 2.